The summed E-state index contributed by atoms with van der Waals surface area (Å²) < 4.78 is 0. The fourth-order valence-corrected chi connectivity index (χ4v) is 2.21. The summed E-state index contributed by atoms with van der Waals surface area (Å²) in [5, 5.41) is 12.8. The molecule has 0 amide bonds. The van der Waals surface area contributed by atoms with Crippen molar-refractivity contribution >= 4 is 0 Å². The molecule has 2 atom stereocenters. The number of nitrogens with two attached hydrogens (primary N) is 1. The van der Waals surface area contributed by atoms with Crippen LogP contribution >= 0.6 is 0 Å². The lowest BCUT2D eigenvalue weighted by atomic mass is 9.93. The van der Waals surface area contributed by atoms with Crippen molar-refractivity contribution in [3.8, 4) is 0 Å². The molecule has 0 spiro atoms. The Morgan fingerprint density at radius 3 is 2.50 bits per heavy atom. The average Bonchev–Trinajstić information content (AvgIpc) is 2.58. The molecule has 3 nitrogen and oxygen atoms in total. The van der Waals surface area contributed by atoms with Crippen LogP contribution in [-0.4, -0.2) is 30.8 Å². The third-order valence-corrected chi connectivity index (χ3v) is 2.90. The molecule has 0 aromatic heterocycles. The van der Waals surface area contributed by atoms with E-state index in [1.807, 2.05) is 7.05 Å². The van der Waals surface area contributed by atoms with Gasteiger partial charge in [-0.1, -0.05) is 12.8 Å². The zero-order valence-electron chi connectivity index (χ0n) is 7.79. The van der Waals surface area contributed by atoms with E-state index in [4.69, 9.17) is 5.73 Å². The van der Waals surface area contributed by atoms with E-state index in [9.17, 15) is 5.11 Å². The third-order valence-electron chi connectivity index (χ3n) is 2.90. The number of rotatable bonds is 4. The summed E-state index contributed by atoms with van der Waals surface area (Å²) >= 11 is 0. The maximum atomic E-state index is 9.59. The van der Waals surface area contributed by atoms with Crippen LogP contribution in [0.3, 0.4) is 0 Å². The van der Waals surface area contributed by atoms with Gasteiger partial charge in [0, 0.05) is 12.6 Å². The molecule has 72 valence electrons. The van der Waals surface area contributed by atoms with Gasteiger partial charge in [-0.25, -0.2) is 0 Å². The molecular weight excluding hydrogens is 152 g/mol. The minimum atomic E-state index is -0.377. The Kier molecular flexibility index (Phi) is 3.98. The van der Waals surface area contributed by atoms with E-state index >= 15 is 0 Å². The fourth-order valence-electron chi connectivity index (χ4n) is 2.21. The summed E-state index contributed by atoms with van der Waals surface area (Å²) in [6.07, 6.45) is 4.71. The molecule has 2 unspecified atom stereocenters. The summed E-state index contributed by atoms with van der Waals surface area (Å²) in [7, 11) is 1.90. The van der Waals surface area contributed by atoms with Gasteiger partial charge in [0.15, 0.2) is 0 Å². The predicted octanol–water partition coefficient (Wildman–Crippen LogP) is 0.0842. The molecule has 1 fully saturated rings. The van der Waals surface area contributed by atoms with Gasteiger partial charge in [0.1, 0.15) is 0 Å². The Bertz CT molecular complexity index is 124. The molecule has 4 N–H and O–H groups in total. The molecule has 0 heterocycles. The molecule has 0 aromatic carbocycles. The first kappa shape index (κ1) is 9.96. The molecule has 1 saturated carbocycles. The zero-order valence-corrected chi connectivity index (χ0v) is 7.79. The number of aliphatic hydroxyl groups is 1. The van der Waals surface area contributed by atoms with Gasteiger partial charge in [0.05, 0.1) is 6.10 Å². The van der Waals surface area contributed by atoms with Crippen LogP contribution in [0, 0.1) is 5.92 Å². The molecule has 3 heteroatoms. The monoisotopic (exact) mass is 172 g/mol. The summed E-state index contributed by atoms with van der Waals surface area (Å²) in [6.45, 7) is 0.363. The van der Waals surface area contributed by atoms with E-state index in [1.54, 1.807) is 0 Å². The zero-order chi connectivity index (χ0) is 8.97. The van der Waals surface area contributed by atoms with Gasteiger partial charge in [-0.15, -0.1) is 0 Å². The lowest BCUT2D eigenvalue weighted by molar-refractivity contribution is 0.109. The third kappa shape index (κ3) is 2.19. The maximum absolute atomic E-state index is 9.59. The van der Waals surface area contributed by atoms with E-state index in [1.165, 1.54) is 25.7 Å². The van der Waals surface area contributed by atoms with Crippen molar-refractivity contribution < 1.29 is 5.11 Å². The van der Waals surface area contributed by atoms with Crippen LogP contribution in [0.5, 0.6) is 0 Å². The second-order valence-electron chi connectivity index (χ2n) is 3.66. The standard InChI is InChI=1S/C9H20N2O/c1-11-9(8(12)6-10)7-4-2-3-5-7/h7-9,11-12H,2-6,10H2,1H3. The highest BCUT2D eigenvalue weighted by atomic mass is 16.3. The van der Waals surface area contributed by atoms with Crippen LogP contribution < -0.4 is 11.1 Å². The molecule has 0 saturated heterocycles. The molecular formula is C9H20N2O. The van der Waals surface area contributed by atoms with E-state index in [0.29, 0.717) is 12.5 Å². The quantitative estimate of drug-likeness (QED) is 0.563. The van der Waals surface area contributed by atoms with Crippen molar-refractivity contribution in [2.75, 3.05) is 13.6 Å². The van der Waals surface area contributed by atoms with Gasteiger partial charge in [-0.05, 0) is 25.8 Å². The Balaban J connectivity index is 2.42. The highest BCUT2D eigenvalue weighted by Gasteiger charge is 2.28. The first-order valence-corrected chi connectivity index (χ1v) is 4.85. The average molecular weight is 172 g/mol. The van der Waals surface area contributed by atoms with Gasteiger partial charge < -0.3 is 16.2 Å². The first-order valence-electron chi connectivity index (χ1n) is 4.85. The topological polar surface area (TPSA) is 58.3 Å². The van der Waals surface area contributed by atoms with Crippen molar-refractivity contribution in [1.29, 1.82) is 0 Å². The van der Waals surface area contributed by atoms with Crippen LogP contribution in [0.1, 0.15) is 25.7 Å². The van der Waals surface area contributed by atoms with Crippen LogP contribution in [0.15, 0.2) is 0 Å². The largest absolute Gasteiger partial charge is 0.390 e. The molecule has 0 aromatic rings. The Hall–Kier alpha value is -0.120. The fraction of sp³-hybridized carbons (Fsp3) is 1.00. The Morgan fingerprint density at radius 1 is 1.50 bits per heavy atom. The SMILES string of the molecule is CNC(C(O)CN)C1CCCC1. The minimum absolute atomic E-state index is 0.206. The number of hydrogen-bond acceptors (Lipinski definition) is 3. The van der Waals surface area contributed by atoms with Gasteiger partial charge in [-0.2, -0.15) is 0 Å². The van der Waals surface area contributed by atoms with Crippen LogP contribution in [-0.2, 0) is 0 Å². The van der Waals surface area contributed by atoms with Crippen LogP contribution in [0.4, 0.5) is 0 Å². The molecule has 0 aliphatic heterocycles. The van der Waals surface area contributed by atoms with Crippen molar-refractivity contribution in [3.05, 3.63) is 0 Å². The summed E-state index contributed by atoms with van der Waals surface area (Å²) in [6, 6.07) is 0.206. The van der Waals surface area contributed by atoms with Crippen LogP contribution in [0.2, 0.25) is 0 Å². The summed E-state index contributed by atoms with van der Waals surface area (Å²) in [5.41, 5.74) is 5.43. The second kappa shape index (κ2) is 4.80. The molecule has 12 heavy (non-hydrogen) atoms. The molecule has 1 rings (SSSR count). The van der Waals surface area contributed by atoms with Gasteiger partial charge in [-0.3, -0.25) is 0 Å². The summed E-state index contributed by atoms with van der Waals surface area (Å²) in [4.78, 5) is 0. The Labute approximate surface area is 74.3 Å². The van der Waals surface area contributed by atoms with Crippen molar-refractivity contribution in [3.63, 3.8) is 0 Å². The highest BCUT2D eigenvalue weighted by Crippen LogP contribution is 2.28. The van der Waals surface area contributed by atoms with Crippen molar-refractivity contribution in [2.45, 2.75) is 37.8 Å². The van der Waals surface area contributed by atoms with Crippen molar-refractivity contribution in [2.24, 2.45) is 11.7 Å². The number of likely N-dealkylation sites (N-methyl/N-ethyl adjacent to an activating group) is 1. The van der Waals surface area contributed by atoms with Gasteiger partial charge >= 0.3 is 0 Å². The lowest BCUT2D eigenvalue weighted by Gasteiger charge is -2.26. The smallest absolute Gasteiger partial charge is 0.0817 e. The molecule has 1 aliphatic rings. The summed E-state index contributed by atoms with van der Waals surface area (Å²) in [5.74, 6) is 0.633. The van der Waals surface area contributed by atoms with E-state index in [0.717, 1.165) is 0 Å². The van der Waals surface area contributed by atoms with Crippen LogP contribution in [0.25, 0.3) is 0 Å². The highest BCUT2D eigenvalue weighted by molar-refractivity contribution is 4.85. The number of aliphatic hydroxyl groups excluding tert-OH is 1. The molecule has 0 bridgehead atoms. The second-order valence-corrected chi connectivity index (χ2v) is 3.66. The molecule has 0 radical (unpaired) electrons. The number of hydrogen-bond donors (Lipinski definition) is 3. The van der Waals surface area contributed by atoms with Crippen molar-refractivity contribution in [1.82, 2.24) is 5.32 Å². The van der Waals surface area contributed by atoms with Gasteiger partial charge in [0.25, 0.3) is 0 Å². The Morgan fingerprint density at radius 2 is 2.08 bits per heavy atom. The first-order chi connectivity index (χ1) is 5.79. The van der Waals surface area contributed by atoms with E-state index < -0.39 is 0 Å². The van der Waals surface area contributed by atoms with E-state index in [2.05, 4.69) is 5.32 Å². The van der Waals surface area contributed by atoms with E-state index in [-0.39, 0.29) is 12.1 Å². The van der Waals surface area contributed by atoms with Gasteiger partial charge in [0.2, 0.25) is 0 Å². The maximum Gasteiger partial charge on any atom is 0.0817 e. The lowest BCUT2D eigenvalue weighted by Crippen LogP contribution is -2.46. The minimum Gasteiger partial charge on any atom is -0.390 e. The number of nitrogens with one attached hydrogen (secondary N) is 1. The molecule has 1 aliphatic carbocycles. The normalized spacial score (nSPS) is 24.2. The predicted molar refractivity (Wildman–Crippen MR) is 49.9 cm³/mol.